The molecule has 5 nitrogen and oxygen atoms in total. The molecule has 6 heteroatoms. The van der Waals surface area contributed by atoms with Crippen molar-refractivity contribution in [3.63, 3.8) is 0 Å². The number of fused-ring (bicyclic) bond motifs is 1. The van der Waals surface area contributed by atoms with E-state index in [4.69, 9.17) is 4.74 Å². The third-order valence-corrected chi connectivity index (χ3v) is 6.10. The van der Waals surface area contributed by atoms with Crippen molar-refractivity contribution in [3.8, 4) is 0 Å². The Hall–Kier alpha value is -3.51. The van der Waals surface area contributed by atoms with E-state index < -0.39 is 12.0 Å². The van der Waals surface area contributed by atoms with Gasteiger partial charge < -0.3 is 4.74 Å². The molecule has 1 aliphatic heterocycles. The molecule has 1 aromatic heterocycles. The van der Waals surface area contributed by atoms with Crippen LogP contribution in [0.5, 0.6) is 0 Å². The molecule has 0 saturated carbocycles. The Morgan fingerprint density at radius 3 is 2.45 bits per heavy atom. The highest BCUT2D eigenvalue weighted by molar-refractivity contribution is 7.07. The van der Waals surface area contributed by atoms with Crippen molar-refractivity contribution < 1.29 is 9.53 Å². The average Bonchev–Trinajstić information content (AvgIpc) is 3.13. The minimum absolute atomic E-state index is 0.174. The van der Waals surface area contributed by atoms with Crippen LogP contribution in [-0.2, 0) is 9.53 Å². The van der Waals surface area contributed by atoms with Gasteiger partial charge in [0.2, 0.25) is 0 Å². The molecule has 0 N–H and O–H groups in total. The number of benzene rings is 2. The molecule has 1 atom stereocenters. The Balaban J connectivity index is 1.89. The van der Waals surface area contributed by atoms with Crippen LogP contribution < -0.4 is 14.9 Å². The Morgan fingerprint density at radius 1 is 1.13 bits per heavy atom. The molecule has 0 saturated heterocycles. The number of aromatic nitrogens is 1. The van der Waals surface area contributed by atoms with Gasteiger partial charge in [0.25, 0.3) is 5.56 Å². The molecule has 0 unspecified atom stereocenters. The first-order valence-corrected chi connectivity index (χ1v) is 10.9. The van der Waals surface area contributed by atoms with E-state index in [1.54, 1.807) is 10.6 Å². The summed E-state index contributed by atoms with van der Waals surface area (Å²) in [4.78, 5) is 31.3. The molecule has 2 heterocycles. The van der Waals surface area contributed by atoms with E-state index in [0.717, 1.165) is 11.1 Å². The third kappa shape index (κ3) is 4.07. The highest BCUT2D eigenvalue weighted by atomic mass is 32.1. The van der Waals surface area contributed by atoms with E-state index in [0.29, 0.717) is 27.0 Å². The second-order valence-electron chi connectivity index (χ2n) is 6.99. The molecule has 0 aliphatic carbocycles. The van der Waals surface area contributed by atoms with Crippen molar-refractivity contribution in [3.05, 3.63) is 109 Å². The Bertz CT molecular complexity index is 1330. The number of nitrogens with zero attached hydrogens (tertiary/aromatic N) is 2. The number of rotatable bonds is 5. The van der Waals surface area contributed by atoms with Crippen molar-refractivity contribution in [2.45, 2.75) is 19.4 Å². The number of hydrogen-bond donors (Lipinski definition) is 0. The van der Waals surface area contributed by atoms with Crippen molar-refractivity contribution in [1.29, 1.82) is 0 Å². The summed E-state index contributed by atoms with van der Waals surface area (Å²) >= 11 is 1.33. The van der Waals surface area contributed by atoms with Gasteiger partial charge >= 0.3 is 5.97 Å². The summed E-state index contributed by atoms with van der Waals surface area (Å²) in [6, 6.07) is 18.9. The van der Waals surface area contributed by atoms with Gasteiger partial charge in [-0.15, -0.1) is 0 Å². The molecule has 156 valence electrons. The molecule has 3 aromatic rings. The lowest BCUT2D eigenvalue weighted by molar-refractivity contribution is -0.136. The maximum absolute atomic E-state index is 13.4. The number of carbonyl (C=O) groups excluding carboxylic acids is 1. The van der Waals surface area contributed by atoms with Crippen molar-refractivity contribution in [2.75, 3.05) is 7.11 Å². The summed E-state index contributed by atoms with van der Waals surface area (Å²) in [6.07, 6.45) is 6.17. The predicted molar refractivity (Wildman–Crippen MR) is 123 cm³/mol. The first-order chi connectivity index (χ1) is 15.1. The van der Waals surface area contributed by atoms with Crippen LogP contribution >= 0.6 is 11.3 Å². The number of ether oxygens (including phenoxy) is 1. The monoisotopic (exact) mass is 430 g/mol. The van der Waals surface area contributed by atoms with Crippen LogP contribution in [0.1, 0.15) is 30.5 Å². The Morgan fingerprint density at radius 2 is 1.81 bits per heavy atom. The van der Waals surface area contributed by atoms with Crippen molar-refractivity contribution in [1.82, 2.24) is 4.57 Å². The Kier molecular flexibility index (Phi) is 6.09. The third-order valence-electron chi connectivity index (χ3n) is 5.10. The maximum Gasteiger partial charge on any atom is 0.338 e. The van der Waals surface area contributed by atoms with E-state index in [2.05, 4.69) is 4.99 Å². The molecular weight excluding hydrogens is 408 g/mol. The predicted octanol–water partition coefficient (Wildman–Crippen LogP) is 3.46. The van der Waals surface area contributed by atoms with Gasteiger partial charge in [-0.05, 0) is 23.6 Å². The molecule has 0 bridgehead atoms. The molecular formula is C25H22N2O3S. The van der Waals surface area contributed by atoms with Crippen molar-refractivity contribution >= 4 is 29.5 Å². The maximum atomic E-state index is 13.4. The van der Waals surface area contributed by atoms with Crippen molar-refractivity contribution in [2.24, 2.45) is 4.99 Å². The number of thiazole rings is 1. The molecule has 0 spiro atoms. The van der Waals surface area contributed by atoms with Gasteiger partial charge in [0, 0.05) is 0 Å². The van der Waals surface area contributed by atoms with Gasteiger partial charge in [-0.3, -0.25) is 9.36 Å². The minimum Gasteiger partial charge on any atom is -0.466 e. The second-order valence-corrected chi connectivity index (χ2v) is 8.00. The lowest BCUT2D eigenvalue weighted by Gasteiger charge is -2.25. The van der Waals surface area contributed by atoms with Gasteiger partial charge in [-0.2, -0.15) is 0 Å². The smallest absolute Gasteiger partial charge is 0.338 e. The molecule has 4 rings (SSSR count). The van der Waals surface area contributed by atoms with Crippen LogP contribution in [0.15, 0.2) is 87.8 Å². The summed E-state index contributed by atoms with van der Waals surface area (Å²) in [6.45, 7) is 1.95. The molecule has 1 aliphatic rings. The zero-order chi connectivity index (χ0) is 21.8. The van der Waals surface area contributed by atoms with Crippen LogP contribution in [0, 0.1) is 0 Å². The molecule has 0 fully saturated rings. The van der Waals surface area contributed by atoms with Gasteiger partial charge in [0.1, 0.15) is 0 Å². The fourth-order valence-corrected chi connectivity index (χ4v) is 4.61. The second kappa shape index (κ2) is 9.10. The zero-order valence-corrected chi connectivity index (χ0v) is 18.1. The molecule has 31 heavy (non-hydrogen) atoms. The van der Waals surface area contributed by atoms with Gasteiger partial charge in [0.05, 0.1) is 29.0 Å². The summed E-state index contributed by atoms with van der Waals surface area (Å²) < 4.78 is 7.23. The number of hydrogen-bond acceptors (Lipinski definition) is 5. The normalized spacial score (nSPS) is 16.3. The van der Waals surface area contributed by atoms with E-state index in [-0.39, 0.29) is 5.56 Å². The largest absolute Gasteiger partial charge is 0.466 e. The Labute approximate surface area is 184 Å². The zero-order valence-electron chi connectivity index (χ0n) is 17.3. The highest BCUT2D eigenvalue weighted by Crippen LogP contribution is 2.31. The van der Waals surface area contributed by atoms with E-state index >= 15 is 0 Å². The SMILES string of the molecule is CCC1=C(C(=O)OC)[C@@H](c2ccccc2)n2c(s/c(=C\C=C\c3ccccc3)c2=O)=N1. The number of allylic oxidation sites excluding steroid dienone is 2. The van der Waals surface area contributed by atoms with Gasteiger partial charge in [0.15, 0.2) is 4.80 Å². The lowest BCUT2D eigenvalue weighted by Crippen LogP contribution is -2.39. The standard InChI is InChI=1S/C25H22N2O3S/c1-3-19-21(24(29)30-2)22(18-14-8-5-9-15-18)27-23(28)20(31-25(27)26-19)16-10-13-17-11-6-4-7-12-17/h4-16,22H,3H2,1-2H3/b13-10+,20-16-/t22-/m1/s1. The van der Waals surface area contributed by atoms with Crippen LogP contribution in [0.2, 0.25) is 0 Å². The molecule has 2 aromatic carbocycles. The first-order valence-electron chi connectivity index (χ1n) is 10.0. The van der Waals surface area contributed by atoms with Crippen LogP contribution in [0.4, 0.5) is 0 Å². The quantitative estimate of drug-likeness (QED) is 0.583. The van der Waals surface area contributed by atoms with E-state index in [1.807, 2.05) is 79.7 Å². The summed E-state index contributed by atoms with van der Waals surface area (Å²) in [7, 11) is 1.35. The van der Waals surface area contributed by atoms with Gasteiger partial charge in [-0.25, -0.2) is 9.79 Å². The number of esters is 1. The minimum atomic E-state index is -0.569. The number of carbonyl (C=O) groups is 1. The van der Waals surface area contributed by atoms with E-state index in [1.165, 1.54) is 18.4 Å². The highest BCUT2D eigenvalue weighted by Gasteiger charge is 2.33. The van der Waals surface area contributed by atoms with Gasteiger partial charge in [-0.1, -0.05) is 91.1 Å². The summed E-state index contributed by atoms with van der Waals surface area (Å²) in [5.74, 6) is -0.465. The topological polar surface area (TPSA) is 60.7 Å². The lowest BCUT2D eigenvalue weighted by atomic mass is 9.95. The summed E-state index contributed by atoms with van der Waals surface area (Å²) in [5, 5.41) is 0. The van der Waals surface area contributed by atoms with E-state index in [9.17, 15) is 9.59 Å². The first kappa shape index (κ1) is 20.8. The fourth-order valence-electron chi connectivity index (χ4n) is 3.64. The number of methoxy groups -OCH3 is 1. The van der Waals surface area contributed by atoms with Crippen LogP contribution in [0.3, 0.4) is 0 Å². The molecule has 0 radical (unpaired) electrons. The molecule has 0 amide bonds. The fraction of sp³-hybridized carbons (Fsp3) is 0.160. The summed E-state index contributed by atoms with van der Waals surface area (Å²) in [5.41, 5.74) is 2.78. The van der Waals surface area contributed by atoms with Crippen LogP contribution in [-0.4, -0.2) is 17.6 Å². The van der Waals surface area contributed by atoms with Crippen LogP contribution in [0.25, 0.3) is 12.2 Å². The average molecular weight is 431 g/mol.